The molecule has 2 aromatic carbocycles. The van der Waals surface area contributed by atoms with Crippen molar-refractivity contribution in [2.24, 2.45) is 0 Å². The summed E-state index contributed by atoms with van der Waals surface area (Å²) in [6.07, 6.45) is 2.94. The van der Waals surface area contributed by atoms with Gasteiger partial charge in [-0.2, -0.15) is 0 Å². The number of para-hydroxylation sites is 1. The number of hydrogen-bond donors (Lipinski definition) is 1. The first kappa shape index (κ1) is 16.0. The number of pyridine rings is 2. The van der Waals surface area contributed by atoms with E-state index in [0.29, 0.717) is 5.52 Å². The number of halogens is 1. The van der Waals surface area contributed by atoms with Gasteiger partial charge in [-0.05, 0) is 29.8 Å². The molecule has 26 heavy (non-hydrogen) atoms. The fourth-order valence-electron chi connectivity index (χ4n) is 3.08. The second-order valence-electron chi connectivity index (χ2n) is 5.98. The lowest BCUT2D eigenvalue weighted by Crippen LogP contribution is -2.20. The Kier molecular flexibility index (Phi) is 3.73. The minimum atomic E-state index is -1.38. The molecule has 2 aromatic heterocycles. The Morgan fingerprint density at radius 2 is 1.96 bits per heavy atom. The summed E-state index contributed by atoms with van der Waals surface area (Å²) >= 11 is 0. The van der Waals surface area contributed by atoms with E-state index in [-0.39, 0.29) is 11.9 Å². The summed E-state index contributed by atoms with van der Waals surface area (Å²) in [5.41, 5.74) is 0.718. The van der Waals surface area contributed by atoms with Gasteiger partial charge in [0, 0.05) is 24.3 Å². The molecule has 6 heteroatoms. The normalized spacial score (nSPS) is 11.1. The van der Waals surface area contributed by atoms with E-state index in [0.717, 1.165) is 22.5 Å². The topological polar surface area (TPSA) is 72.2 Å². The van der Waals surface area contributed by atoms with Crippen LogP contribution in [0.2, 0.25) is 0 Å². The molecule has 128 valence electrons. The second-order valence-corrected chi connectivity index (χ2v) is 5.98. The maximum Gasteiger partial charge on any atom is 0.341 e. The van der Waals surface area contributed by atoms with Gasteiger partial charge in [0.05, 0.1) is 16.4 Å². The average Bonchev–Trinajstić information content (AvgIpc) is 2.63. The standard InChI is InChI=1S/C20H13FN2O3/c21-15-5-3-7-17-18(15)19(24)14(20(25)26)11-23(17)10-12-8-13-4-1-2-6-16(13)22-9-12/h1-9,11H,10H2,(H,25,26). The van der Waals surface area contributed by atoms with Crippen molar-refractivity contribution in [1.29, 1.82) is 0 Å². The molecule has 0 aliphatic rings. The Bertz CT molecular complexity index is 1230. The number of fused-ring (bicyclic) bond motifs is 2. The lowest BCUT2D eigenvalue weighted by molar-refractivity contribution is 0.0695. The first-order valence-corrected chi connectivity index (χ1v) is 7.93. The smallest absolute Gasteiger partial charge is 0.341 e. The number of carboxylic acids is 1. The third kappa shape index (κ3) is 2.61. The van der Waals surface area contributed by atoms with Crippen LogP contribution < -0.4 is 5.43 Å². The van der Waals surface area contributed by atoms with Gasteiger partial charge in [-0.15, -0.1) is 0 Å². The molecule has 0 aliphatic heterocycles. The summed E-state index contributed by atoms with van der Waals surface area (Å²) in [5.74, 6) is -2.12. The van der Waals surface area contributed by atoms with Gasteiger partial charge in [-0.25, -0.2) is 9.18 Å². The van der Waals surface area contributed by atoms with E-state index in [1.165, 1.54) is 12.3 Å². The van der Waals surface area contributed by atoms with Gasteiger partial charge in [0.25, 0.3) is 0 Å². The van der Waals surface area contributed by atoms with E-state index < -0.39 is 22.8 Å². The zero-order chi connectivity index (χ0) is 18.3. The zero-order valence-electron chi connectivity index (χ0n) is 13.5. The monoisotopic (exact) mass is 348 g/mol. The van der Waals surface area contributed by atoms with E-state index >= 15 is 0 Å². The number of aromatic carboxylic acids is 1. The molecule has 0 spiro atoms. The van der Waals surface area contributed by atoms with Crippen molar-refractivity contribution in [2.75, 3.05) is 0 Å². The number of rotatable bonds is 3. The highest BCUT2D eigenvalue weighted by atomic mass is 19.1. The minimum absolute atomic E-state index is 0.221. The summed E-state index contributed by atoms with van der Waals surface area (Å²) in [6.45, 7) is 0.262. The molecule has 0 bridgehead atoms. The maximum atomic E-state index is 14.2. The second kappa shape index (κ2) is 6.07. The molecule has 0 saturated carbocycles. The number of carbonyl (C=O) groups is 1. The lowest BCUT2D eigenvalue weighted by atomic mass is 10.1. The molecule has 1 N–H and O–H groups in total. The minimum Gasteiger partial charge on any atom is -0.477 e. The van der Waals surface area contributed by atoms with Gasteiger partial charge in [-0.1, -0.05) is 24.3 Å². The molecule has 2 heterocycles. The van der Waals surface area contributed by atoms with Crippen LogP contribution in [0.15, 0.2) is 65.7 Å². The van der Waals surface area contributed by atoms with Crippen molar-refractivity contribution in [2.45, 2.75) is 6.54 Å². The molecule has 0 fully saturated rings. The van der Waals surface area contributed by atoms with Crippen LogP contribution in [0.25, 0.3) is 21.8 Å². The summed E-state index contributed by atoms with van der Waals surface area (Å²) < 4.78 is 15.8. The Labute approximate surface area is 147 Å². The summed E-state index contributed by atoms with van der Waals surface area (Å²) in [7, 11) is 0. The first-order chi connectivity index (χ1) is 12.5. The van der Waals surface area contributed by atoms with Crippen LogP contribution in [0.3, 0.4) is 0 Å². The van der Waals surface area contributed by atoms with E-state index in [1.54, 1.807) is 16.8 Å². The molecular weight excluding hydrogens is 335 g/mol. The van der Waals surface area contributed by atoms with Crippen LogP contribution in [0, 0.1) is 5.82 Å². The van der Waals surface area contributed by atoms with Gasteiger partial charge >= 0.3 is 5.97 Å². The van der Waals surface area contributed by atoms with Gasteiger partial charge in [-0.3, -0.25) is 9.78 Å². The lowest BCUT2D eigenvalue weighted by Gasteiger charge is -2.13. The van der Waals surface area contributed by atoms with Gasteiger partial charge in [0.2, 0.25) is 5.43 Å². The number of nitrogens with zero attached hydrogens (tertiary/aromatic N) is 2. The maximum absolute atomic E-state index is 14.2. The van der Waals surface area contributed by atoms with Crippen molar-refractivity contribution in [3.8, 4) is 0 Å². The molecule has 0 amide bonds. The molecule has 0 unspecified atom stereocenters. The predicted molar refractivity (Wildman–Crippen MR) is 96.0 cm³/mol. The largest absolute Gasteiger partial charge is 0.477 e. The highest BCUT2D eigenvalue weighted by Gasteiger charge is 2.17. The number of benzene rings is 2. The highest BCUT2D eigenvalue weighted by Crippen LogP contribution is 2.19. The molecule has 4 aromatic rings. The first-order valence-electron chi connectivity index (χ1n) is 7.93. The van der Waals surface area contributed by atoms with Crippen LogP contribution in [0.4, 0.5) is 4.39 Å². The van der Waals surface area contributed by atoms with Crippen molar-refractivity contribution in [3.63, 3.8) is 0 Å². The Morgan fingerprint density at radius 3 is 2.77 bits per heavy atom. The molecular formula is C20H13FN2O3. The third-order valence-electron chi connectivity index (χ3n) is 4.29. The van der Waals surface area contributed by atoms with Gasteiger partial charge < -0.3 is 9.67 Å². The highest BCUT2D eigenvalue weighted by molar-refractivity contribution is 5.92. The van der Waals surface area contributed by atoms with E-state index in [2.05, 4.69) is 4.98 Å². The molecule has 0 saturated heterocycles. The summed E-state index contributed by atoms with van der Waals surface area (Å²) in [5, 5.41) is 10.0. The summed E-state index contributed by atoms with van der Waals surface area (Å²) in [6, 6.07) is 13.8. The molecule has 0 aliphatic carbocycles. The van der Waals surface area contributed by atoms with E-state index in [9.17, 15) is 19.1 Å². The van der Waals surface area contributed by atoms with Crippen LogP contribution >= 0.6 is 0 Å². The Morgan fingerprint density at radius 1 is 1.15 bits per heavy atom. The fraction of sp³-hybridized carbons (Fsp3) is 0.0500. The van der Waals surface area contributed by atoms with Crippen LogP contribution in [0.5, 0.6) is 0 Å². The summed E-state index contributed by atoms with van der Waals surface area (Å²) in [4.78, 5) is 28.1. The Balaban J connectivity index is 1.92. The van der Waals surface area contributed by atoms with Crippen LogP contribution in [-0.4, -0.2) is 20.6 Å². The quantitative estimate of drug-likeness (QED) is 0.616. The van der Waals surface area contributed by atoms with E-state index in [4.69, 9.17) is 0 Å². The molecule has 5 nitrogen and oxygen atoms in total. The van der Waals surface area contributed by atoms with Gasteiger partial charge in [0.15, 0.2) is 0 Å². The van der Waals surface area contributed by atoms with Crippen molar-refractivity contribution >= 4 is 27.8 Å². The Hall–Kier alpha value is -3.54. The predicted octanol–water partition coefficient (Wildman–Crippen LogP) is 3.44. The van der Waals surface area contributed by atoms with Gasteiger partial charge in [0.1, 0.15) is 11.4 Å². The van der Waals surface area contributed by atoms with Crippen molar-refractivity contribution in [1.82, 2.24) is 9.55 Å². The zero-order valence-corrected chi connectivity index (χ0v) is 13.5. The molecule has 0 radical (unpaired) electrons. The third-order valence-corrected chi connectivity index (χ3v) is 4.29. The van der Waals surface area contributed by atoms with E-state index in [1.807, 2.05) is 30.3 Å². The molecule has 4 rings (SSSR count). The van der Waals surface area contributed by atoms with Crippen molar-refractivity contribution < 1.29 is 14.3 Å². The average molecular weight is 348 g/mol. The number of hydrogen-bond acceptors (Lipinski definition) is 3. The number of carboxylic acid groups (broad SMARTS) is 1. The SMILES string of the molecule is O=C(O)c1cn(Cc2cnc3ccccc3c2)c2cccc(F)c2c1=O. The fourth-order valence-corrected chi connectivity index (χ4v) is 3.08. The van der Waals surface area contributed by atoms with Crippen molar-refractivity contribution in [3.05, 3.63) is 88.1 Å². The number of aromatic nitrogens is 2. The molecule has 0 atom stereocenters. The van der Waals surface area contributed by atoms with Crippen LogP contribution in [0.1, 0.15) is 15.9 Å². The van der Waals surface area contributed by atoms with Crippen LogP contribution in [-0.2, 0) is 6.54 Å².